The van der Waals surface area contributed by atoms with Crippen LogP contribution >= 0.6 is 22.6 Å². The lowest BCUT2D eigenvalue weighted by Crippen LogP contribution is -2.36. The molecule has 16 heavy (non-hydrogen) atoms. The minimum Gasteiger partial charge on any atom is -0.382 e. The summed E-state index contributed by atoms with van der Waals surface area (Å²) in [5.41, 5.74) is 2.05. The average Bonchev–Trinajstić information content (AvgIpc) is 2.20. The zero-order valence-electron chi connectivity index (χ0n) is 9.56. The fourth-order valence-corrected chi connectivity index (χ4v) is 2.48. The first-order valence-electron chi connectivity index (χ1n) is 5.56. The Hall–Kier alpha value is -0.520. The van der Waals surface area contributed by atoms with E-state index in [0.29, 0.717) is 9.49 Å². The molecule has 2 nitrogen and oxygen atoms in total. The molecule has 2 rings (SSSR count). The smallest absolute Gasteiger partial charge is 0.138 e. The second-order valence-corrected chi connectivity index (χ2v) is 5.71. The predicted octanol–water partition coefficient (Wildman–Crippen LogP) is 3.32. The van der Waals surface area contributed by atoms with E-state index in [4.69, 9.17) is 0 Å². The zero-order valence-corrected chi connectivity index (χ0v) is 11.7. The largest absolute Gasteiger partial charge is 0.382 e. The highest BCUT2D eigenvalue weighted by molar-refractivity contribution is 14.1. The minimum atomic E-state index is -0.128. The van der Waals surface area contributed by atoms with Gasteiger partial charge in [0.2, 0.25) is 0 Å². The van der Waals surface area contributed by atoms with Crippen LogP contribution in [0, 0.1) is 15.3 Å². The third-order valence-electron chi connectivity index (χ3n) is 2.66. The molecule has 88 valence electrons. The van der Waals surface area contributed by atoms with Gasteiger partial charge in [0.05, 0.1) is 14.9 Å². The molecule has 0 amide bonds. The van der Waals surface area contributed by atoms with Crippen molar-refractivity contribution in [3.05, 3.63) is 21.5 Å². The molecule has 0 saturated heterocycles. The quantitative estimate of drug-likeness (QED) is 0.835. The number of rotatable bonds is 2. The van der Waals surface area contributed by atoms with Crippen molar-refractivity contribution < 1.29 is 4.39 Å². The summed E-state index contributed by atoms with van der Waals surface area (Å²) in [4.78, 5) is 2.26. The van der Waals surface area contributed by atoms with E-state index in [1.807, 2.05) is 28.7 Å². The summed E-state index contributed by atoms with van der Waals surface area (Å²) in [6.45, 7) is 7.23. The summed E-state index contributed by atoms with van der Waals surface area (Å²) >= 11 is 2.03. The Labute approximate surface area is 109 Å². The first-order valence-corrected chi connectivity index (χ1v) is 6.63. The first-order chi connectivity index (χ1) is 7.58. The number of fused-ring (bicyclic) bond motifs is 1. The normalized spacial score (nSPS) is 14.9. The first kappa shape index (κ1) is 12.0. The van der Waals surface area contributed by atoms with Gasteiger partial charge >= 0.3 is 0 Å². The summed E-state index contributed by atoms with van der Waals surface area (Å²) in [5, 5.41) is 3.32. The summed E-state index contributed by atoms with van der Waals surface area (Å²) in [6.07, 6.45) is 0. The Morgan fingerprint density at radius 2 is 2.25 bits per heavy atom. The van der Waals surface area contributed by atoms with Gasteiger partial charge in [-0.15, -0.1) is 0 Å². The van der Waals surface area contributed by atoms with Gasteiger partial charge in [-0.25, -0.2) is 4.39 Å². The summed E-state index contributed by atoms with van der Waals surface area (Å²) in [7, 11) is 0. The van der Waals surface area contributed by atoms with Crippen LogP contribution in [0.15, 0.2) is 12.1 Å². The van der Waals surface area contributed by atoms with Crippen molar-refractivity contribution in [2.75, 3.05) is 29.9 Å². The zero-order chi connectivity index (χ0) is 11.7. The van der Waals surface area contributed by atoms with Crippen molar-refractivity contribution >= 4 is 34.0 Å². The van der Waals surface area contributed by atoms with E-state index < -0.39 is 0 Å². The third-order valence-corrected chi connectivity index (χ3v) is 3.49. The van der Waals surface area contributed by atoms with E-state index in [1.54, 1.807) is 6.07 Å². The fourth-order valence-electron chi connectivity index (χ4n) is 2.02. The lowest BCUT2D eigenvalue weighted by atomic mass is 10.1. The molecule has 0 fully saturated rings. The number of hydrogen-bond acceptors (Lipinski definition) is 2. The second-order valence-electron chi connectivity index (χ2n) is 4.55. The van der Waals surface area contributed by atoms with Gasteiger partial charge < -0.3 is 10.2 Å². The van der Waals surface area contributed by atoms with Crippen LogP contribution in [0.2, 0.25) is 0 Å². The maximum Gasteiger partial charge on any atom is 0.138 e. The maximum atomic E-state index is 13.6. The van der Waals surface area contributed by atoms with Crippen molar-refractivity contribution in [1.29, 1.82) is 0 Å². The van der Waals surface area contributed by atoms with E-state index in [9.17, 15) is 4.39 Å². The summed E-state index contributed by atoms with van der Waals surface area (Å²) < 4.78 is 14.2. The number of benzene rings is 1. The van der Waals surface area contributed by atoms with E-state index in [1.165, 1.54) is 0 Å². The molecule has 4 heteroatoms. The number of anilines is 2. The monoisotopic (exact) mass is 334 g/mol. The Morgan fingerprint density at radius 3 is 2.94 bits per heavy atom. The van der Waals surface area contributed by atoms with Crippen LogP contribution in [0.4, 0.5) is 15.8 Å². The SMILES string of the molecule is CC(C)CN1CCNc2cc(I)c(F)cc21. The van der Waals surface area contributed by atoms with Gasteiger partial charge in [-0.2, -0.15) is 0 Å². The Morgan fingerprint density at radius 1 is 1.50 bits per heavy atom. The molecule has 0 unspecified atom stereocenters. The van der Waals surface area contributed by atoms with Gasteiger partial charge in [0, 0.05) is 25.7 Å². The van der Waals surface area contributed by atoms with Gasteiger partial charge in [0.15, 0.2) is 0 Å². The molecule has 0 saturated carbocycles. The fraction of sp³-hybridized carbons (Fsp3) is 0.500. The van der Waals surface area contributed by atoms with Crippen LogP contribution in [0.1, 0.15) is 13.8 Å². The number of halogens is 2. The molecule has 0 aromatic heterocycles. The number of nitrogens with one attached hydrogen (secondary N) is 1. The van der Waals surface area contributed by atoms with Gasteiger partial charge in [0.1, 0.15) is 5.82 Å². The van der Waals surface area contributed by atoms with Crippen LogP contribution in [0.5, 0.6) is 0 Å². The molecular formula is C12H16FIN2. The molecular weight excluding hydrogens is 318 g/mol. The highest BCUT2D eigenvalue weighted by Crippen LogP contribution is 2.32. The molecule has 0 atom stereocenters. The van der Waals surface area contributed by atoms with Gasteiger partial charge in [-0.1, -0.05) is 13.8 Å². The van der Waals surface area contributed by atoms with Gasteiger partial charge in [-0.05, 0) is 34.6 Å². The molecule has 0 spiro atoms. The molecule has 0 bridgehead atoms. The predicted molar refractivity (Wildman–Crippen MR) is 74.7 cm³/mol. The Kier molecular flexibility index (Phi) is 3.56. The summed E-state index contributed by atoms with van der Waals surface area (Å²) in [6, 6.07) is 3.53. The standard InChI is InChI=1S/C12H16FIN2/c1-8(2)7-16-4-3-15-11-6-10(14)9(13)5-12(11)16/h5-6,8,15H,3-4,7H2,1-2H3. The topological polar surface area (TPSA) is 15.3 Å². The van der Waals surface area contributed by atoms with Crippen molar-refractivity contribution in [1.82, 2.24) is 0 Å². The minimum absolute atomic E-state index is 0.128. The molecule has 1 aromatic carbocycles. The number of nitrogens with zero attached hydrogens (tertiary/aromatic N) is 1. The van der Waals surface area contributed by atoms with Gasteiger partial charge in [-0.3, -0.25) is 0 Å². The van der Waals surface area contributed by atoms with E-state index in [0.717, 1.165) is 31.0 Å². The Bertz CT molecular complexity index is 393. The van der Waals surface area contributed by atoms with Crippen LogP contribution in [0.3, 0.4) is 0 Å². The lowest BCUT2D eigenvalue weighted by molar-refractivity contribution is 0.598. The van der Waals surface area contributed by atoms with E-state index >= 15 is 0 Å². The molecule has 1 aliphatic rings. The third kappa shape index (κ3) is 2.42. The van der Waals surface area contributed by atoms with Crippen LogP contribution in [-0.4, -0.2) is 19.6 Å². The second kappa shape index (κ2) is 4.77. The highest BCUT2D eigenvalue weighted by Gasteiger charge is 2.19. The molecule has 0 radical (unpaired) electrons. The van der Waals surface area contributed by atoms with Crippen LogP contribution < -0.4 is 10.2 Å². The number of hydrogen-bond donors (Lipinski definition) is 1. The van der Waals surface area contributed by atoms with Gasteiger partial charge in [0.25, 0.3) is 0 Å². The summed E-state index contributed by atoms with van der Waals surface area (Å²) in [5.74, 6) is 0.463. The average molecular weight is 334 g/mol. The van der Waals surface area contributed by atoms with Crippen molar-refractivity contribution in [2.24, 2.45) is 5.92 Å². The molecule has 1 N–H and O–H groups in total. The van der Waals surface area contributed by atoms with Crippen molar-refractivity contribution in [3.8, 4) is 0 Å². The molecule has 1 aromatic rings. The Balaban J connectivity index is 2.34. The molecule has 1 heterocycles. The van der Waals surface area contributed by atoms with Crippen molar-refractivity contribution in [3.63, 3.8) is 0 Å². The van der Waals surface area contributed by atoms with E-state index in [2.05, 4.69) is 24.1 Å². The molecule has 0 aliphatic carbocycles. The lowest BCUT2D eigenvalue weighted by Gasteiger charge is -2.33. The highest BCUT2D eigenvalue weighted by atomic mass is 127. The van der Waals surface area contributed by atoms with Crippen LogP contribution in [0.25, 0.3) is 0 Å². The van der Waals surface area contributed by atoms with E-state index in [-0.39, 0.29) is 5.82 Å². The molecule has 1 aliphatic heterocycles. The van der Waals surface area contributed by atoms with Crippen molar-refractivity contribution in [2.45, 2.75) is 13.8 Å². The maximum absolute atomic E-state index is 13.6. The van der Waals surface area contributed by atoms with Crippen LogP contribution in [-0.2, 0) is 0 Å².